The Morgan fingerprint density at radius 3 is 2.39 bits per heavy atom. The third-order valence-corrected chi connectivity index (χ3v) is 14.8. The smallest absolute Gasteiger partial charge is 0.200 e. The quantitative estimate of drug-likeness (QED) is 0.0570. The molecule has 3 aliphatic rings. The number of hydrogen-bond donors (Lipinski definition) is 7. The number of aliphatic hydroxyl groups excluding tert-OH is 5. The Kier molecular flexibility index (Phi) is 16.6. The largest absolute Gasteiger partial charge is 0.504 e. The average Bonchev–Trinajstić information content (AvgIpc) is 3.75. The number of aliphatic hydroxyl groups is 5. The normalized spacial score (nSPS) is 29.3. The van der Waals surface area contributed by atoms with Gasteiger partial charge >= 0.3 is 0 Å². The van der Waals surface area contributed by atoms with E-state index in [0.717, 1.165) is 36.3 Å². The van der Waals surface area contributed by atoms with E-state index >= 15 is 0 Å². The van der Waals surface area contributed by atoms with Crippen LogP contribution in [-0.2, 0) is 17.6 Å². The first-order valence-electron chi connectivity index (χ1n) is 19.8. The molecule has 1 aliphatic heterocycles. The maximum atomic E-state index is 11.7. The lowest BCUT2D eigenvalue weighted by Gasteiger charge is -2.30. The molecule has 0 bridgehead atoms. The van der Waals surface area contributed by atoms with Crippen molar-refractivity contribution in [3.05, 3.63) is 41.0 Å². The summed E-state index contributed by atoms with van der Waals surface area (Å²) in [6, 6.07) is 6.85. The van der Waals surface area contributed by atoms with Crippen LogP contribution in [0.25, 0.3) is 0 Å². The molecule has 8 atom stereocenters. The lowest BCUT2D eigenvalue weighted by molar-refractivity contribution is -0.0808. The van der Waals surface area contributed by atoms with Crippen LogP contribution in [0.1, 0.15) is 112 Å². The number of fused-ring (bicyclic) bond motifs is 1. The van der Waals surface area contributed by atoms with E-state index < -0.39 is 37.8 Å². The van der Waals surface area contributed by atoms with Gasteiger partial charge in [-0.25, -0.2) is 0 Å². The minimum absolute atomic E-state index is 0.0144. The summed E-state index contributed by atoms with van der Waals surface area (Å²) in [4.78, 5) is 0. The minimum Gasteiger partial charge on any atom is -0.504 e. The summed E-state index contributed by atoms with van der Waals surface area (Å²) < 4.78 is 22.9. The zero-order valence-corrected chi connectivity index (χ0v) is 33.5. The molecule has 2 fully saturated rings. The highest BCUT2D eigenvalue weighted by Gasteiger charge is 2.45. The summed E-state index contributed by atoms with van der Waals surface area (Å²) in [7, 11) is 4.34. The van der Waals surface area contributed by atoms with Gasteiger partial charge in [0.1, 0.15) is 6.79 Å². The molecular weight excluding hydrogens is 733 g/mol. The van der Waals surface area contributed by atoms with Gasteiger partial charge in [0, 0.05) is 23.5 Å². The summed E-state index contributed by atoms with van der Waals surface area (Å²) in [5.74, 6) is 0.792. The van der Waals surface area contributed by atoms with Crippen molar-refractivity contribution in [1.29, 1.82) is 0 Å². The minimum atomic E-state index is -1.03. The summed E-state index contributed by atoms with van der Waals surface area (Å²) in [5.41, 5.74) is 2.78. The topological polar surface area (TPSA) is 179 Å². The predicted molar refractivity (Wildman–Crippen MR) is 211 cm³/mol. The fraction of sp³-hybridized carbons (Fsp3) is 0.707. The summed E-state index contributed by atoms with van der Waals surface area (Å²) in [6.45, 7) is 0.985. The monoisotopic (exact) mass is 794 g/mol. The number of benzene rings is 2. The molecule has 0 radical (unpaired) electrons. The van der Waals surface area contributed by atoms with Gasteiger partial charge in [0.15, 0.2) is 29.8 Å². The van der Waals surface area contributed by atoms with E-state index in [1.54, 1.807) is 18.2 Å². The third kappa shape index (κ3) is 11.3. The van der Waals surface area contributed by atoms with Gasteiger partial charge in [-0.2, -0.15) is 0 Å². The third-order valence-electron chi connectivity index (χ3n) is 11.9. The van der Waals surface area contributed by atoms with Crippen LogP contribution in [0, 0.1) is 17.3 Å². The maximum absolute atomic E-state index is 11.7. The fourth-order valence-electron chi connectivity index (χ4n) is 9.05. The molecule has 2 aromatic carbocycles. The van der Waals surface area contributed by atoms with Crippen LogP contribution in [0.4, 0.5) is 0 Å². The molecule has 1 spiro atoms. The summed E-state index contributed by atoms with van der Waals surface area (Å²) >= 11 is 0. The first-order valence-corrected chi connectivity index (χ1v) is 22.1. The van der Waals surface area contributed by atoms with Gasteiger partial charge in [-0.15, -0.1) is 0 Å². The van der Waals surface area contributed by atoms with Crippen LogP contribution in [0.3, 0.4) is 0 Å². The van der Waals surface area contributed by atoms with E-state index in [1.165, 1.54) is 73.6 Å². The molecule has 2 aromatic rings. The van der Waals surface area contributed by atoms with Crippen LogP contribution >= 0.6 is 21.6 Å². The molecule has 304 valence electrons. The number of rotatable bonds is 15. The van der Waals surface area contributed by atoms with Crippen LogP contribution < -0.4 is 14.2 Å². The molecule has 2 aliphatic carbocycles. The highest BCUT2D eigenvalue weighted by atomic mass is 33.1. The van der Waals surface area contributed by atoms with Crippen LogP contribution in [0.15, 0.2) is 24.3 Å². The molecule has 0 amide bonds. The second kappa shape index (κ2) is 20.9. The molecule has 11 nitrogen and oxygen atoms in total. The van der Waals surface area contributed by atoms with Crippen molar-refractivity contribution in [2.24, 2.45) is 17.3 Å². The highest BCUT2D eigenvalue weighted by Crippen LogP contribution is 2.55. The number of ether oxygens (including phenoxy) is 4. The second-order valence-corrected chi connectivity index (χ2v) is 18.2. The number of methoxy groups -OCH3 is 1. The summed E-state index contributed by atoms with van der Waals surface area (Å²) in [6.07, 6.45) is 11.3. The number of unbranched alkanes of at least 4 members (excludes halogenated alkanes) is 2. The Morgan fingerprint density at radius 1 is 0.852 bits per heavy atom. The Hall–Kier alpha value is -2.10. The number of phenolic OH excluding ortho intramolecular Hbond substituents is 2. The van der Waals surface area contributed by atoms with Crippen molar-refractivity contribution in [2.45, 2.75) is 133 Å². The Balaban J connectivity index is 1.35. The highest BCUT2D eigenvalue weighted by molar-refractivity contribution is 8.76. The zero-order valence-electron chi connectivity index (χ0n) is 31.9. The van der Waals surface area contributed by atoms with Crippen molar-refractivity contribution in [1.82, 2.24) is 0 Å². The number of phenols is 2. The van der Waals surface area contributed by atoms with Gasteiger partial charge < -0.3 is 54.7 Å². The van der Waals surface area contributed by atoms with E-state index in [-0.39, 0.29) is 59.6 Å². The van der Waals surface area contributed by atoms with E-state index in [4.69, 9.17) is 18.9 Å². The predicted octanol–water partition coefficient (Wildman–Crippen LogP) is 6.79. The lowest BCUT2D eigenvalue weighted by Crippen LogP contribution is -2.38. The lowest BCUT2D eigenvalue weighted by atomic mass is 9.83. The number of aromatic hydroxyl groups is 2. The Morgan fingerprint density at radius 2 is 1.65 bits per heavy atom. The Bertz CT molecular complexity index is 1460. The van der Waals surface area contributed by atoms with Crippen LogP contribution in [-0.4, -0.2) is 93.2 Å². The number of aryl methyl sites for hydroxylation is 1. The molecule has 0 aromatic heterocycles. The SMILES string of the molecule is CCCCC[C@H]1CC[C@]2(CC[C@@H](Oc3cc4c(cc3O)[C@H](CCO)SSC[C@@H](O)[C@@H](Cc3cc(OC)c(O)c(OCO)c3)[C@H](O)C[C@@H](OCO)CC4)C2)C1. The van der Waals surface area contributed by atoms with Gasteiger partial charge in [0.05, 0.1) is 31.5 Å². The molecule has 0 saturated heterocycles. The fourth-order valence-corrected chi connectivity index (χ4v) is 12.0. The van der Waals surface area contributed by atoms with Gasteiger partial charge in [0.2, 0.25) is 5.75 Å². The second-order valence-electron chi connectivity index (χ2n) is 15.6. The van der Waals surface area contributed by atoms with Gasteiger partial charge in [-0.3, -0.25) is 0 Å². The standard InChI is InChI=1S/C41H62O11S2/c1-3-4-5-6-26-9-12-41(21-26)13-10-30(22-41)52-36-18-28-7-8-29(50-24-43)19-33(45)32(15-27-16-37(49-2)40(48)38(17-27)51-25-44)35(47)23-53-54-39(11-14-42)31(28)20-34(36)46/h16-18,20,26,29-30,32-33,35,39,42-48H,3-15,19,21-25H2,1-2H3/t26-,29-,30+,32-,33+,35+,39-,41-/m0/s1. The molecule has 54 heavy (non-hydrogen) atoms. The van der Waals surface area contributed by atoms with Crippen molar-refractivity contribution in [3.63, 3.8) is 0 Å². The first-order chi connectivity index (χ1) is 26.1. The molecule has 2 saturated carbocycles. The van der Waals surface area contributed by atoms with Gasteiger partial charge in [-0.05, 0) is 123 Å². The Labute approximate surface area is 328 Å². The molecule has 5 rings (SSSR count). The molecule has 7 N–H and O–H groups in total. The molecule has 1 heterocycles. The average molecular weight is 795 g/mol. The van der Waals surface area contributed by atoms with Crippen molar-refractivity contribution in [3.8, 4) is 28.7 Å². The van der Waals surface area contributed by atoms with E-state index in [1.807, 2.05) is 6.07 Å². The van der Waals surface area contributed by atoms with Crippen molar-refractivity contribution >= 4 is 21.6 Å². The van der Waals surface area contributed by atoms with Crippen LogP contribution in [0.2, 0.25) is 0 Å². The van der Waals surface area contributed by atoms with E-state index in [2.05, 4.69) is 6.92 Å². The molecule has 0 unspecified atom stereocenters. The van der Waals surface area contributed by atoms with Crippen molar-refractivity contribution in [2.75, 3.05) is 33.1 Å². The number of hydrogen-bond acceptors (Lipinski definition) is 13. The van der Waals surface area contributed by atoms with Crippen LogP contribution in [0.5, 0.6) is 28.7 Å². The summed E-state index contributed by atoms with van der Waals surface area (Å²) in [5, 5.41) is 74.1. The van der Waals surface area contributed by atoms with Crippen molar-refractivity contribution < 1.29 is 54.7 Å². The van der Waals surface area contributed by atoms with E-state index in [0.29, 0.717) is 36.0 Å². The molecule has 13 heteroatoms. The zero-order chi connectivity index (χ0) is 38.7. The molecular formula is C41H62O11S2. The van der Waals surface area contributed by atoms with Gasteiger partial charge in [-0.1, -0.05) is 54.2 Å². The first kappa shape index (κ1) is 43.0. The van der Waals surface area contributed by atoms with Gasteiger partial charge in [0.25, 0.3) is 0 Å². The maximum Gasteiger partial charge on any atom is 0.200 e. The van der Waals surface area contributed by atoms with E-state index in [9.17, 15) is 35.7 Å².